The average molecular weight is 632 g/mol. The molecule has 10 nitrogen and oxygen atoms in total. The molecule has 45 heavy (non-hydrogen) atoms. The second kappa shape index (κ2) is 16.7. The number of hydrogen-bond acceptors (Lipinski definition) is 7. The fourth-order valence-electron chi connectivity index (χ4n) is 4.42. The van der Waals surface area contributed by atoms with Crippen LogP contribution in [0.3, 0.4) is 0 Å². The Morgan fingerprint density at radius 2 is 1.62 bits per heavy atom. The number of nitrogens with one attached hydrogen (secondary N) is 3. The lowest BCUT2D eigenvalue weighted by atomic mass is 10.1. The van der Waals surface area contributed by atoms with Gasteiger partial charge in [0, 0.05) is 29.2 Å². The fraction of sp³-hybridized carbons (Fsp3) is 0.235. The molecule has 0 unspecified atom stereocenters. The molecule has 3 aromatic carbocycles. The van der Waals surface area contributed by atoms with Crippen LogP contribution in [0.25, 0.3) is 11.3 Å². The van der Waals surface area contributed by atoms with E-state index in [1.54, 1.807) is 54.6 Å². The third kappa shape index (κ3) is 10.3. The van der Waals surface area contributed by atoms with Crippen LogP contribution in [0.5, 0.6) is 0 Å². The second-order valence-electron chi connectivity index (χ2n) is 10.1. The molecular weight excluding hydrogens is 598 g/mol. The lowest BCUT2D eigenvalue weighted by molar-refractivity contribution is -0.140. The summed E-state index contributed by atoms with van der Waals surface area (Å²) in [6.45, 7) is 0.342. The fourth-order valence-corrected chi connectivity index (χ4v) is 4.54. The average Bonchev–Trinajstić information content (AvgIpc) is 3.56. The Hall–Kier alpha value is -5.09. The summed E-state index contributed by atoms with van der Waals surface area (Å²) in [5, 5.41) is 8.87. The Bertz CT molecular complexity index is 1590. The van der Waals surface area contributed by atoms with Gasteiger partial charge in [-0.05, 0) is 72.9 Å². The first-order valence-electron chi connectivity index (χ1n) is 14.4. The van der Waals surface area contributed by atoms with E-state index in [0.29, 0.717) is 29.3 Å². The smallest absolute Gasteiger partial charge is 0.407 e. The standard InChI is InChI=1S/C34H34ClN3O7/c1-43-31(39)20-15-24-10-5-6-11-27(24)37-32(40)28(12-7-21-36-34(42)44-22-23-8-3-2-4-9-23)38-33(41)30-19-18-29(45-30)25-13-16-26(35)17-14-25/h2-6,8-11,13-14,16-19,28H,7,12,15,20-22H2,1H3,(H,36,42)(H,37,40)(H,38,41)/t28-/m0/s1. The summed E-state index contributed by atoms with van der Waals surface area (Å²) < 4.78 is 15.7. The summed E-state index contributed by atoms with van der Waals surface area (Å²) >= 11 is 5.97. The number of carbonyl (C=O) groups excluding carboxylic acids is 4. The maximum atomic E-state index is 13.5. The largest absolute Gasteiger partial charge is 0.469 e. The highest BCUT2D eigenvalue weighted by atomic mass is 35.5. The Morgan fingerprint density at radius 3 is 2.38 bits per heavy atom. The molecule has 3 N–H and O–H groups in total. The van der Waals surface area contributed by atoms with E-state index >= 15 is 0 Å². The van der Waals surface area contributed by atoms with Crippen LogP contribution in [0.2, 0.25) is 5.02 Å². The van der Waals surface area contributed by atoms with E-state index in [-0.39, 0.29) is 37.7 Å². The molecular formula is C34H34ClN3O7. The Balaban J connectivity index is 1.40. The number of para-hydroxylation sites is 1. The van der Waals surface area contributed by atoms with Gasteiger partial charge >= 0.3 is 12.1 Å². The van der Waals surface area contributed by atoms with Crippen LogP contribution in [0, 0.1) is 0 Å². The monoisotopic (exact) mass is 631 g/mol. The molecule has 0 fully saturated rings. The Kier molecular flexibility index (Phi) is 12.2. The number of alkyl carbamates (subject to hydrolysis) is 1. The zero-order valence-corrected chi connectivity index (χ0v) is 25.5. The van der Waals surface area contributed by atoms with Crippen LogP contribution in [0.15, 0.2) is 95.4 Å². The SMILES string of the molecule is COC(=O)CCc1ccccc1NC(=O)[C@H](CCCNC(=O)OCc1ccccc1)NC(=O)c1ccc(-c2ccc(Cl)cc2)o1. The van der Waals surface area contributed by atoms with Gasteiger partial charge < -0.3 is 29.8 Å². The lowest BCUT2D eigenvalue weighted by Crippen LogP contribution is -2.44. The van der Waals surface area contributed by atoms with Crippen molar-refractivity contribution in [2.75, 3.05) is 19.0 Å². The molecule has 0 aliphatic rings. The molecule has 0 radical (unpaired) electrons. The van der Waals surface area contributed by atoms with Gasteiger partial charge in [-0.2, -0.15) is 0 Å². The summed E-state index contributed by atoms with van der Waals surface area (Å²) in [4.78, 5) is 50.6. The van der Waals surface area contributed by atoms with E-state index in [1.807, 2.05) is 30.3 Å². The van der Waals surface area contributed by atoms with Crippen LogP contribution < -0.4 is 16.0 Å². The van der Waals surface area contributed by atoms with Gasteiger partial charge in [-0.1, -0.05) is 60.1 Å². The highest BCUT2D eigenvalue weighted by molar-refractivity contribution is 6.30. The van der Waals surface area contributed by atoms with Crippen LogP contribution in [-0.2, 0) is 32.1 Å². The summed E-state index contributed by atoms with van der Waals surface area (Å²) in [5.74, 6) is -0.920. The second-order valence-corrected chi connectivity index (χ2v) is 10.5. The highest BCUT2D eigenvalue weighted by Crippen LogP contribution is 2.24. The van der Waals surface area contributed by atoms with E-state index < -0.39 is 23.9 Å². The molecule has 1 atom stereocenters. The number of esters is 1. The van der Waals surface area contributed by atoms with Gasteiger partial charge in [0.15, 0.2) is 5.76 Å². The number of anilines is 1. The zero-order valence-electron chi connectivity index (χ0n) is 24.7. The van der Waals surface area contributed by atoms with Crippen molar-refractivity contribution in [2.24, 2.45) is 0 Å². The van der Waals surface area contributed by atoms with Crippen LogP contribution in [-0.4, -0.2) is 43.6 Å². The van der Waals surface area contributed by atoms with Crippen molar-refractivity contribution in [3.05, 3.63) is 113 Å². The normalized spacial score (nSPS) is 11.2. The van der Waals surface area contributed by atoms with E-state index in [4.69, 9.17) is 25.5 Å². The third-order valence-electron chi connectivity index (χ3n) is 6.83. The minimum absolute atomic E-state index is 0.0267. The first kappa shape index (κ1) is 32.8. The summed E-state index contributed by atoms with van der Waals surface area (Å²) in [7, 11) is 1.32. The predicted octanol–water partition coefficient (Wildman–Crippen LogP) is 6.15. The number of benzene rings is 3. The molecule has 1 heterocycles. The number of carbonyl (C=O) groups is 4. The van der Waals surface area contributed by atoms with Crippen molar-refractivity contribution in [3.8, 4) is 11.3 Å². The third-order valence-corrected chi connectivity index (χ3v) is 7.09. The van der Waals surface area contributed by atoms with E-state index in [1.165, 1.54) is 13.2 Å². The number of aryl methyl sites for hydroxylation is 1. The van der Waals surface area contributed by atoms with Gasteiger partial charge in [-0.15, -0.1) is 0 Å². The van der Waals surface area contributed by atoms with Crippen LogP contribution >= 0.6 is 11.6 Å². The number of methoxy groups -OCH3 is 1. The van der Waals surface area contributed by atoms with E-state index in [9.17, 15) is 19.2 Å². The summed E-state index contributed by atoms with van der Waals surface area (Å²) in [5.41, 5.74) is 2.84. The van der Waals surface area contributed by atoms with Crippen molar-refractivity contribution in [1.29, 1.82) is 0 Å². The van der Waals surface area contributed by atoms with Crippen molar-refractivity contribution in [2.45, 2.75) is 38.3 Å². The molecule has 234 valence electrons. The maximum Gasteiger partial charge on any atom is 0.407 e. The first-order chi connectivity index (χ1) is 21.8. The molecule has 3 amide bonds. The number of rotatable bonds is 14. The minimum atomic E-state index is -0.975. The molecule has 0 aliphatic carbocycles. The van der Waals surface area contributed by atoms with Gasteiger partial charge in [0.2, 0.25) is 5.91 Å². The van der Waals surface area contributed by atoms with Crippen molar-refractivity contribution >= 4 is 41.2 Å². The van der Waals surface area contributed by atoms with Crippen molar-refractivity contribution < 1.29 is 33.1 Å². The number of halogens is 1. The van der Waals surface area contributed by atoms with Crippen molar-refractivity contribution in [1.82, 2.24) is 10.6 Å². The Morgan fingerprint density at radius 1 is 0.889 bits per heavy atom. The summed E-state index contributed by atoms with van der Waals surface area (Å²) in [6, 6.07) is 25.6. The quantitative estimate of drug-likeness (QED) is 0.112. The van der Waals surface area contributed by atoms with Crippen molar-refractivity contribution in [3.63, 3.8) is 0 Å². The van der Waals surface area contributed by atoms with Gasteiger partial charge in [0.1, 0.15) is 18.4 Å². The highest BCUT2D eigenvalue weighted by Gasteiger charge is 2.24. The van der Waals surface area contributed by atoms with Crippen LogP contribution in [0.4, 0.5) is 10.5 Å². The molecule has 0 aliphatic heterocycles. The number of ether oxygens (including phenoxy) is 2. The minimum Gasteiger partial charge on any atom is -0.469 e. The molecule has 4 aromatic rings. The van der Waals surface area contributed by atoms with E-state index in [0.717, 1.165) is 16.7 Å². The topological polar surface area (TPSA) is 136 Å². The first-order valence-corrected chi connectivity index (χ1v) is 14.8. The van der Waals surface area contributed by atoms with Gasteiger partial charge in [-0.3, -0.25) is 14.4 Å². The maximum absolute atomic E-state index is 13.5. The van der Waals surface area contributed by atoms with Crippen LogP contribution in [0.1, 0.15) is 40.9 Å². The molecule has 1 aromatic heterocycles. The molecule has 11 heteroatoms. The molecule has 0 bridgehead atoms. The number of hydrogen-bond donors (Lipinski definition) is 3. The number of furan rings is 1. The van der Waals surface area contributed by atoms with Gasteiger partial charge in [0.25, 0.3) is 5.91 Å². The zero-order chi connectivity index (χ0) is 32.0. The van der Waals surface area contributed by atoms with Gasteiger partial charge in [0.05, 0.1) is 7.11 Å². The van der Waals surface area contributed by atoms with E-state index in [2.05, 4.69) is 16.0 Å². The molecule has 0 saturated heterocycles. The van der Waals surface area contributed by atoms with Gasteiger partial charge in [-0.25, -0.2) is 4.79 Å². The Labute approximate surface area is 266 Å². The summed E-state index contributed by atoms with van der Waals surface area (Å²) in [6.07, 6.45) is 0.468. The lowest BCUT2D eigenvalue weighted by Gasteiger charge is -2.19. The predicted molar refractivity (Wildman–Crippen MR) is 170 cm³/mol. The molecule has 0 saturated carbocycles. The number of amides is 3. The molecule has 0 spiro atoms. The molecule has 4 rings (SSSR count).